The Bertz CT molecular complexity index is 1810. The molecule has 0 rings (SSSR count). The van der Waals surface area contributed by atoms with Gasteiger partial charge in [0.2, 0.25) is 0 Å². The molecule has 88 heavy (non-hydrogen) atoms. The summed E-state index contributed by atoms with van der Waals surface area (Å²) in [5, 5.41) is 0. The molecule has 0 fully saturated rings. The smallest absolute Gasteiger partial charge is 0.306 e. The molecule has 0 saturated heterocycles. The van der Waals surface area contributed by atoms with Gasteiger partial charge in [-0.3, -0.25) is 14.2 Å². The lowest BCUT2D eigenvalue weighted by molar-refractivity contribution is -0.870. The maximum Gasteiger partial charge on any atom is 0.306 e. The number of carbonyl (C=O) groups excluding carboxylic acids is 2. The third-order valence-corrected chi connectivity index (χ3v) is 17.1. The number of nitrogens with zero attached hydrogens (tertiary/aromatic N) is 1. The van der Waals surface area contributed by atoms with Crippen molar-refractivity contribution >= 4 is 19.8 Å². The number of unbranched alkanes of at least 4 members (excludes halogenated alkanes) is 38. The molecule has 10 heteroatoms. The van der Waals surface area contributed by atoms with Crippen LogP contribution >= 0.6 is 7.82 Å². The van der Waals surface area contributed by atoms with E-state index in [9.17, 15) is 19.0 Å². The van der Waals surface area contributed by atoms with E-state index in [0.29, 0.717) is 17.4 Å². The van der Waals surface area contributed by atoms with E-state index in [-0.39, 0.29) is 32.0 Å². The van der Waals surface area contributed by atoms with Crippen molar-refractivity contribution in [3.8, 4) is 0 Å². The van der Waals surface area contributed by atoms with Gasteiger partial charge in [-0.2, -0.15) is 0 Å². The Hall–Kier alpha value is -3.07. The Morgan fingerprint density at radius 3 is 0.966 bits per heavy atom. The highest BCUT2D eigenvalue weighted by Crippen LogP contribution is 2.38. The molecule has 0 aliphatic carbocycles. The van der Waals surface area contributed by atoms with Crippen LogP contribution in [-0.4, -0.2) is 70.0 Å². The molecular formula is C78H140NO8P. The van der Waals surface area contributed by atoms with Gasteiger partial charge in [-0.1, -0.05) is 323 Å². The van der Waals surface area contributed by atoms with Crippen LogP contribution in [0.5, 0.6) is 0 Å². The molecule has 0 aliphatic rings. The van der Waals surface area contributed by atoms with E-state index in [4.69, 9.17) is 18.5 Å². The molecule has 2 unspecified atom stereocenters. The van der Waals surface area contributed by atoms with Gasteiger partial charge in [0.05, 0.1) is 27.7 Å². The third-order valence-electron chi connectivity index (χ3n) is 16.1. The summed E-state index contributed by atoms with van der Waals surface area (Å²) >= 11 is 0. The standard InChI is InChI=1S/C78H140NO8P/c1-6-8-10-12-14-16-18-20-22-24-26-28-30-32-34-35-36-37-38-39-40-41-42-43-45-47-49-51-53-55-57-59-61-63-65-67-69-71-78(81)87-76(75-86-88(82,83)85-73-72-79(3,4)5)74-84-77(80)70-68-66-64-62-60-58-56-54-52-50-48-46-44-33-31-29-27-25-23-21-19-17-15-13-11-9-7-2/h8,10,14,16,19-22,25-28,31-34,76H,6-7,9,11-13,15,17-18,23-24,29-30,35-75H2,1-5H3/b10-8-,16-14-,21-19-,22-20-,27-25-,28-26-,33-31-,34-32-. The summed E-state index contributed by atoms with van der Waals surface area (Å²) in [4.78, 5) is 38.1. The fourth-order valence-corrected chi connectivity index (χ4v) is 11.2. The maximum absolute atomic E-state index is 12.9. The van der Waals surface area contributed by atoms with Crippen LogP contribution in [0.2, 0.25) is 0 Å². The Labute approximate surface area is 544 Å². The van der Waals surface area contributed by atoms with E-state index in [2.05, 4.69) is 111 Å². The van der Waals surface area contributed by atoms with Crippen molar-refractivity contribution in [2.24, 2.45) is 0 Å². The monoisotopic (exact) mass is 1250 g/mol. The fourth-order valence-electron chi connectivity index (χ4n) is 10.5. The van der Waals surface area contributed by atoms with Crippen LogP contribution in [0.15, 0.2) is 97.2 Å². The van der Waals surface area contributed by atoms with E-state index in [1.165, 1.54) is 218 Å². The number of rotatable bonds is 68. The van der Waals surface area contributed by atoms with Crippen LogP contribution < -0.4 is 4.89 Å². The van der Waals surface area contributed by atoms with Crippen LogP contribution in [0.1, 0.15) is 335 Å². The average Bonchev–Trinajstić information content (AvgIpc) is 3.68. The van der Waals surface area contributed by atoms with Crippen molar-refractivity contribution in [1.29, 1.82) is 0 Å². The van der Waals surface area contributed by atoms with Gasteiger partial charge in [-0.05, 0) is 96.3 Å². The number of phosphoric ester groups is 1. The number of likely N-dealkylation sites (N-methyl/N-ethyl adjacent to an activating group) is 1. The Balaban J connectivity index is 3.99. The Morgan fingerprint density at radius 2 is 0.648 bits per heavy atom. The number of hydrogen-bond donors (Lipinski definition) is 0. The summed E-state index contributed by atoms with van der Waals surface area (Å²) < 4.78 is 34.4. The van der Waals surface area contributed by atoms with Crippen molar-refractivity contribution in [1.82, 2.24) is 0 Å². The second-order valence-corrected chi connectivity index (χ2v) is 27.3. The molecule has 9 nitrogen and oxygen atoms in total. The predicted molar refractivity (Wildman–Crippen MR) is 379 cm³/mol. The van der Waals surface area contributed by atoms with E-state index in [0.717, 1.165) is 83.5 Å². The molecule has 2 atom stereocenters. The first kappa shape index (κ1) is 84.9. The Kier molecular flexibility index (Phi) is 65.9. The second kappa shape index (κ2) is 68.3. The Morgan fingerprint density at radius 1 is 0.364 bits per heavy atom. The molecule has 0 amide bonds. The van der Waals surface area contributed by atoms with Crippen molar-refractivity contribution in [3.63, 3.8) is 0 Å². The lowest BCUT2D eigenvalue weighted by Crippen LogP contribution is -2.37. The second-order valence-electron chi connectivity index (χ2n) is 25.9. The van der Waals surface area contributed by atoms with Gasteiger partial charge in [-0.25, -0.2) is 0 Å². The number of ether oxygens (including phenoxy) is 2. The van der Waals surface area contributed by atoms with Crippen LogP contribution in [-0.2, 0) is 32.7 Å². The van der Waals surface area contributed by atoms with Crippen LogP contribution in [0.4, 0.5) is 0 Å². The minimum absolute atomic E-state index is 0.0322. The third kappa shape index (κ3) is 72.0. The first-order chi connectivity index (χ1) is 43.0. The van der Waals surface area contributed by atoms with E-state index < -0.39 is 26.5 Å². The molecule has 0 aromatic rings. The minimum Gasteiger partial charge on any atom is -0.756 e. The van der Waals surface area contributed by atoms with Gasteiger partial charge in [-0.15, -0.1) is 0 Å². The number of carbonyl (C=O) groups is 2. The molecule has 0 heterocycles. The normalized spacial score (nSPS) is 13.7. The maximum atomic E-state index is 12.9. The van der Waals surface area contributed by atoms with Gasteiger partial charge in [0.25, 0.3) is 7.82 Å². The average molecular weight is 1250 g/mol. The molecule has 0 aromatic heterocycles. The summed E-state index contributed by atoms with van der Waals surface area (Å²) in [6, 6.07) is 0. The first-order valence-corrected chi connectivity index (χ1v) is 38.4. The zero-order valence-corrected chi connectivity index (χ0v) is 59.1. The molecule has 0 spiro atoms. The summed E-state index contributed by atoms with van der Waals surface area (Å²) in [6.45, 7) is 4.15. The van der Waals surface area contributed by atoms with E-state index in [1.807, 2.05) is 21.1 Å². The van der Waals surface area contributed by atoms with Crippen LogP contribution in [0.25, 0.3) is 0 Å². The zero-order valence-electron chi connectivity index (χ0n) is 58.2. The highest BCUT2D eigenvalue weighted by molar-refractivity contribution is 7.45. The predicted octanol–water partition coefficient (Wildman–Crippen LogP) is 23.6. The molecule has 0 radical (unpaired) electrons. The highest BCUT2D eigenvalue weighted by Gasteiger charge is 2.22. The van der Waals surface area contributed by atoms with Gasteiger partial charge in [0.15, 0.2) is 6.10 Å². The quantitative estimate of drug-likeness (QED) is 0.0195. The number of hydrogen-bond acceptors (Lipinski definition) is 8. The topological polar surface area (TPSA) is 111 Å². The summed E-state index contributed by atoms with van der Waals surface area (Å²) in [5.41, 5.74) is 0. The van der Waals surface area contributed by atoms with Crippen LogP contribution in [0.3, 0.4) is 0 Å². The van der Waals surface area contributed by atoms with Gasteiger partial charge in [0, 0.05) is 12.8 Å². The van der Waals surface area contributed by atoms with Crippen molar-refractivity contribution in [3.05, 3.63) is 97.2 Å². The summed E-state index contributed by atoms with van der Waals surface area (Å²) in [5.74, 6) is -0.823. The van der Waals surface area contributed by atoms with Crippen molar-refractivity contribution in [2.45, 2.75) is 341 Å². The van der Waals surface area contributed by atoms with Crippen molar-refractivity contribution in [2.75, 3.05) is 47.5 Å². The largest absolute Gasteiger partial charge is 0.756 e. The first-order valence-electron chi connectivity index (χ1n) is 36.9. The SMILES string of the molecule is CC/C=C\C/C=C\C/C=C\C/C=C\C/C=C\CCCCCCCCCCCCCCCCCCCCCCCC(=O)OC(COC(=O)CCCCCCCCCCCCCC/C=C\C/C=C\C/C=C\CCCCCCC)COP(=O)([O-])OCC[N+](C)(C)C. The lowest BCUT2D eigenvalue weighted by Gasteiger charge is -2.28. The molecule has 0 bridgehead atoms. The summed E-state index contributed by atoms with van der Waals surface area (Å²) in [6.07, 6.45) is 95.0. The number of phosphoric acid groups is 1. The zero-order chi connectivity index (χ0) is 64.1. The molecular weight excluding hydrogens is 1110 g/mol. The molecule has 0 saturated carbocycles. The molecule has 0 N–H and O–H groups in total. The van der Waals surface area contributed by atoms with Crippen molar-refractivity contribution < 1.29 is 42.1 Å². The number of esters is 2. The highest BCUT2D eigenvalue weighted by atomic mass is 31.2. The van der Waals surface area contributed by atoms with Gasteiger partial charge < -0.3 is 27.9 Å². The van der Waals surface area contributed by atoms with Crippen LogP contribution in [0, 0.1) is 0 Å². The molecule has 0 aromatic carbocycles. The molecule has 0 aliphatic heterocycles. The minimum atomic E-state index is -4.65. The number of allylic oxidation sites excluding steroid dienone is 16. The van der Waals surface area contributed by atoms with Gasteiger partial charge >= 0.3 is 11.9 Å². The summed E-state index contributed by atoms with van der Waals surface area (Å²) in [7, 11) is 1.17. The van der Waals surface area contributed by atoms with Gasteiger partial charge in [0.1, 0.15) is 19.8 Å². The number of quaternary nitrogens is 1. The van der Waals surface area contributed by atoms with E-state index >= 15 is 0 Å². The lowest BCUT2D eigenvalue weighted by atomic mass is 10.0. The molecule has 510 valence electrons. The van der Waals surface area contributed by atoms with E-state index in [1.54, 1.807) is 0 Å². The fraction of sp³-hybridized carbons (Fsp3) is 0.769.